The molecule has 1 aliphatic heterocycles. The van der Waals surface area contributed by atoms with Gasteiger partial charge >= 0.3 is 5.97 Å². The molecule has 29 heavy (non-hydrogen) atoms. The molecular weight excluding hydrogens is 416 g/mol. The number of nitrogens with one attached hydrogen (secondary N) is 1. The van der Waals surface area contributed by atoms with E-state index in [0.717, 1.165) is 38.4 Å². The van der Waals surface area contributed by atoms with Gasteiger partial charge in [0.25, 0.3) is 15.9 Å². The Hall–Kier alpha value is -2.58. The van der Waals surface area contributed by atoms with Gasteiger partial charge in [-0.05, 0) is 61.7 Å². The molecule has 0 unspecified atom stereocenters. The first-order valence-corrected chi connectivity index (χ1v) is 11.0. The molecule has 1 saturated heterocycles. The second-order valence-corrected chi connectivity index (χ2v) is 8.76. The molecule has 2 aromatic rings. The Morgan fingerprint density at radius 2 is 1.69 bits per heavy atom. The van der Waals surface area contributed by atoms with Crippen molar-refractivity contribution in [2.24, 2.45) is 0 Å². The highest BCUT2D eigenvalue weighted by Crippen LogP contribution is 2.23. The molecule has 0 saturated carbocycles. The van der Waals surface area contributed by atoms with Crippen molar-refractivity contribution in [2.75, 3.05) is 24.9 Å². The molecule has 0 atom stereocenters. The summed E-state index contributed by atoms with van der Waals surface area (Å²) in [6, 6.07) is 10.0. The number of carbonyl (C=O) groups is 2. The number of nitrogens with zero attached hydrogens (tertiary/aromatic N) is 1. The van der Waals surface area contributed by atoms with E-state index < -0.39 is 16.0 Å². The second-order valence-electron chi connectivity index (χ2n) is 6.67. The Labute approximate surface area is 174 Å². The van der Waals surface area contributed by atoms with Crippen LogP contribution in [0.25, 0.3) is 0 Å². The summed E-state index contributed by atoms with van der Waals surface area (Å²) in [5.74, 6) is -0.785. The minimum atomic E-state index is -3.96. The largest absolute Gasteiger partial charge is 0.465 e. The Morgan fingerprint density at radius 3 is 2.31 bits per heavy atom. The van der Waals surface area contributed by atoms with Crippen LogP contribution in [-0.2, 0) is 14.8 Å². The van der Waals surface area contributed by atoms with Crippen LogP contribution in [-0.4, -0.2) is 45.4 Å². The van der Waals surface area contributed by atoms with Crippen molar-refractivity contribution < 1.29 is 22.7 Å². The number of amides is 1. The molecule has 0 bridgehead atoms. The maximum atomic E-state index is 12.7. The Morgan fingerprint density at radius 1 is 1.03 bits per heavy atom. The molecule has 0 radical (unpaired) electrons. The van der Waals surface area contributed by atoms with Crippen molar-refractivity contribution in [1.82, 2.24) is 4.90 Å². The van der Waals surface area contributed by atoms with Gasteiger partial charge in [0, 0.05) is 24.3 Å². The number of piperidine rings is 1. The number of benzene rings is 2. The number of methoxy groups -OCH3 is 1. The van der Waals surface area contributed by atoms with E-state index in [1.165, 1.54) is 31.4 Å². The summed E-state index contributed by atoms with van der Waals surface area (Å²) in [7, 11) is -2.77. The van der Waals surface area contributed by atoms with E-state index in [9.17, 15) is 18.0 Å². The summed E-state index contributed by atoms with van der Waals surface area (Å²) in [4.78, 5) is 25.9. The third-order valence-corrected chi connectivity index (χ3v) is 6.39. The van der Waals surface area contributed by atoms with Crippen molar-refractivity contribution in [3.8, 4) is 0 Å². The van der Waals surface area contributed by atoms with Crippen LogP contribution in [0.5, 0.6) is 0 Å². The summed E-state index contributed by atoms with van der Waals surface area (Å²) in [5.41, 5.74) is 0.767. The Balaban J connectivity index is 1.77. The fourth-order valence-electron chi connectivity index (χ4n) is 3.11. The van der Waals surface area contributed by atoms with Crippen LogP contribution < -0.4 is 4.72 Å². The number of hydrogen-bond donors (Lipinski definition) is 1. The van der Waals surface area contributed by atoms with Crippen LogP contribution in [0.2, 0.25) is 5.02 Å². The quantitative estimate of drug-likeness (QED) is 0.723. The lowest BCUT2D eigenvalue weighted by atomic mass is 10.1. The molecular formula is C20H21ClN2O5S. The van der Waals surface area contributed by atoms with Crippen LogP contribution in [0.1, 0.15) is 40.0 Å². The van der Waals surface area contributed by atoms with Crippen molar-refractivity contribution >= 4 is 39.2 Å². The minimum Gasteiger partial charge on any atom is -0.465 e. The average molecular weight is 437 g/mol. The van der Waals surface area contributed by atoms with E-state index in [1.54, 1.807) is 12.1 Å². The number of esters is 1. The second kappa shape index (κ2) is 8.84. The molecule has 1 heterocycles. The van der Waals surface area contributed by atoms with E-state index in [0.29, 0.717) is 11.3 Å². The van der Waals surface area contributed by atoms with E-state index >= 15 is 0 Å². The van der Waals surface area contributed by atoms with E-state index in [1.807, 2.05) is 4.90 Å². The lowest BCUT2D eigenvalue weighted by molar-refractivity contribution is 0.0600. The van der Waals surface area contributed by atoms with Gasteiger partial charge in [-0.25, -0.2) is 13.2 Å². The lowest BCUT2D eigenvalue weighted by Crippen LogP contribution is -2.35. The normalized spacial score (nSPS) is 14.3. The van der Waals surface area contributed by atoms with Gasteiger partial charge in [0.2, 0.25) is 0 Å². The minimum absolute atomic E-state index is 0.0421. The molecule has 2 aromatic carbocycles. The molecule has 1 N–H and O–H groups in total. The first kappa shape index (κ1) is 21.1. The van der Waals surface area contributed by atoms with E-state index in [2.05, 4.69) is 9.46 Å². The fraction of sp³-hybridized carbons (Fsp3) is 0.300. The van der Waals surface area contributed by atoms with Gasteiger partial charge in [-0.1, -0.05) is 11.6 Å². The fourth-order valence-corrected chi connectivity index (χ4v) is 4.39. The summed E-state index contributed by atoms with van der Waals surface area (Å²) in [6.45, 7) is 1.48. The van der Waals surface area contributed by atoms with Crippen LogP contribution in [0.4, 0.5) is 5.69 Å². The van der Waals surface area contributed by atoms with Gasteiger partial charge in [0.15, 0.2) is 0 Å². The zero-order valence-electron chi connectivity index (χ0n) is 15.9. The monoisotopic (exact) mass is 436 g/mol. The number of carbonyl (C=O) groups excluding carboxylic acids is 2. The molecule has 9 heteroatoms. The average Bonchev–Trinajstić information content (AvgIpc) is 2.73. The topological polar surface area (TPSA) is 92.8 Å². The number of sulfonamides is 1. The van der Waals surface area contributed by atoms with Crippen molar-refractivity contribution in [3.63, 3.8) is 0 Å². The van der Waals surface area contributed by atoms with Gasteiger partial charge in [-0.2, -0.15) is 0 Å². The molecule has 154 valence electrons. The number of halogens is 1. The van der Waals surface area contributed by atoms with Gasteiger partial charge in [-0.3, -0.25) is 9.52 Å². The van der Waals surface area contributed by atoms with Gasteiger partial charge in [0.05, 0.1) is 22.6 Å². The highest BCUT2D eigenvalue weighted by atomic mass is 35.5. The first-order valence-electron chi connectivity index (χ1n) is 9.12. The Bertz CT molecular complexity index is 1020. The van der Waals surface area contributed by atoms with Gasteiger partial charge in [0.1, 0.15) is 0 Å². The molecule has 1 fully saturated rings. The molecule has 1 amide bonds. The summed E-state index contributed by atoms with van der Waals surface area (Å²) >= 11 is 5.94. The third-order valence-electron chi connectivity index (χ3n) is 4.68. The van der Waals surface area contributed by atoms with Gasteiger partial charge < -0.3 is 9.64 Å². The molecule has 0 aromatic heterocycles. The van der Waals surface area contributed by atoms with Crippen LogP contribution in [0, 0.1) is 0 Å². The predicted molar refractivity (Wildman–Crippen MR) is 110 cm³/mol. The van der Waals surface area contributed by atoms with Crippen molar-refractivity contribution in [2.45, 2.75) is 24.2 Å². The zero-order valence-corrected chi connectivity index (χ0v) is 17.4. The predicted octanol–water partition coefficient (Wildman–Crippen LogP) is 3.55. The SMILES string of the molecule is COC(=O)c1cc(S(=O)(=O)Nc2ccc(C(=O)N3CCCCC3)cc2)ccc1Cl. The smallest absolute Gasteiger partial charge is 0.339 e. The number of hydrogen-bond acceptors (Lipinski definition) is 5. The summed E-state index contributed by atoms with van der Waals surface area (Å²) in [6.07, 6.45) is 3.13. The number of rotatable bonds is 5. The van der Waals surface area contributed by atoms with Crippen LogP contribution in [0.3, 0.4) is 0 Å². The highest BCUT2D eigenvalue weighted by molar-refractivity contribution is 7.92. The van der Waals surface area contributed by atoms with Crippen molar-refractivity contribution in [3.05, 3.63) is 58.6 Å². The number of ether oxygens (including phenoxy) is 1. The summed E-state index contributed by atoms with van der Waals surface area (Å²) < 4.78 is 32.4. The summed E-state index contributed by atoms with van der Waals surface area (Å²) in [5, 5.41) is 0.0939. The number of likely N-dealkylation sites (tertiary alicyclic amines) is 1. The van der Waals surface area contributed by atoms with Gasteiger partial charge in [-0.15, -0.1) is 0 Å². The molecule has 0 spiro atoms. The van der Waals surface area contributed by atoms with E-state index in [-0.39, 0.29) is 21.4 Å². The standard InChI is InChI=1S/C20H21ClN2O5S/c1-28-20(25)17-13-16(9-10-18(17)21)29(26,27)22-15-7-5-14(6-8-15)19(24)23-11-3-2-4-12-23/h5-10,13,22H,2-4,11-12H2,1H3. The van der Waals surface area contributed by atoms with E-state index in [4.69, 9.17) is 11.6 Å². The molecule has 0 aliphatic carbocycles. The number of anilines is 1. The molecule has 7 nitrogen and oxygen atoms in total. The van der Waals surface area contributed by atoms with Crippen LogP contribution in [0.15, 0.2) is 47.4 Å². The lowest BCUT2D eigenvalue weighted by Gasteiger charge is -2.26. The zero-order chi connectivity index (χ0) is 21.0. The van der Waals surface area contributed by atoms with Crippen molar-refractivity contribution in [1.29, 1.82) is 0 Å². The Kier molecular flexibility index (Phi) is 6.44. The molecule has 1 aliphatic rings. The van der Waals surface area contributed by atoms with Crippen LogP contribution >= 0.6 is 11.6 Å². The molecule has 3 rings (SSSR count). The maximum Gasteiger partial charge on any atom is 0.339 e. The maximum absolute atomic E-state index is 12.7. The first-order chi connectivity index (χ1) is 13.8. The highest BCUT2D eigenvalue weighted by Gasteiger charge is 2.21. The third kappa shape index (κ3) is 4.89.